The first-order chi connectivity index (χ1) is 6.75. The average Bonchev–Trinajstić information content (AvgIpc) is 2.05. The van der Waals surface area contributed by atoms with E-state index in [2.05, 4.69) is 0 Å². The lowest BCUT2D eigenvalue weighted by Crippen LogP contribution is -2.25. The maximum absolute atomic E-state index is 12.7. The quantitative estimate of drug-likeness (QED) is 0.740. The van der Waals surface area contributed by atoms with E-state index in [4.69, 9.17) is 0 Å². The summed E-state index contributed by atoms with van der Waals surface area (Å²) in [6, 6.07) is 0. The van der Waals surface area contributed by atoms with Crippen LogP contribution in [0.3, 0.4) is 0 Å². The fourth-order valence-electron chi connectivity index (χ4n) is 1.02. The van der Waals surface area contributed by atoms with Crippen LogP contribution < -0.4 is 5.56 Å². The molecular formula is C7H3F6NO. The van der Waals surface area contributed by atoms with Crippen LogP contribution in [0.15, 0.2) is 11.0 Å². The minimum absolute atomic E-state index is 0.166. The number of aromatic nitrogens is 1. The number of pyridine rings is 1. The van der Waals surface area contributed by atoms with Gasteiger partial charge in [-0.25, -0.2) is 13.2 Å². The Bertz CT molecular complexity index is 420. The SMILES string of the molecule is O=c1[nH]cc(F)c(C(F)F)c1C(F)(F)F. The minimum Gasteiger partial charge on any atom is -0.326 e. The first-order valence-electron chi connectivity index (χ1n) is 3.51. The number of halogens is 6. The molecule has 8 heteroatoms. The van der Waals surface area contributed by atoms with Crippen molar-refractivity contribution in [2.45, 2.75) is 12.6 Å². The van der Waals surface area contributed by atoms with Crippen molar-refractivity contribution in [2.75, 3.05) is 0 Å². The van der Waals surface area contributed by atoms with Crippen molar-refractivity contribution < 1.29 is 26.3 Å². The van der Waals surface area contributed by atoms with Crippen LogP contribution in [0.25, 0.3) is 0 Å². The van der Waals surface area contributed by atoms with Crippen LogP contribution in [0, 0.1) is 5.82 Å². The van der Waals surface area contributed by atoms with Crippen molar-refractivity contribution in [3.8, 4) is 0 Å². The van der Waals surface area contributed by atoms with Gasteiger partial charge in [0, 0.05) is 6.20 Å². The number of H-pyrrole nitrogens is 1. The number of rotatable bonds is 1. The summed E-state index contributed by atoms with van der Waals surface area (Å²) in [6.07, 6.45) is -8.86. The normalized spacial score (nSPS) is 12.2. The van der Waals surface area contributed by atoms with Gasteiger partial charge in [-0.05, 0) is 0 Å². The molecule has 0 bridgehead atoms. The lowest BCUT2D eigenvalue weighted by molar-refractivity contribution is -0.141. The van der Waals surface area contributed by atoms with Gasteiger partial charge in [0.15, 0.2) is 0 Å². The Morgan fingerprint density at radius 3 is 2.13 bits per heavy atom. The Balaban J connectivity index is 3.61. The Morgan fingerprint density at radius 1 is 1.27 bits per heavy atom. The van der Waals surface area contributed by atoms with Crippen LogP contribution in [0.4, 0.5) is 26.3 Å². The maximum atomic E-state index is 12.7. The van der Waals surface area contributed by atoms with E-state index in [1.165, 1.54) is 4.98 Å². The zero-order chi connectivity index (χ0) is 11.8. The first-order valence-corrected chi connectivity index (χ1v) is 3.51. The highest BCUT2D eigenvalue weighted by atomic mass is 19.4. The molecule has 0 saturated carbocycles. The Hall–Kier alpha value is -1.47. The lowest BCUT2D eigenvalue weighted by Gasteiger charge is -2.11. The Morgan fingerprint density at radius 2 is 1.80 bits per heavy atom. The van der Waals surface area contributed by atoms with Gasteiger partial charge in [0.2, 0.25) is 0 Å². The highest BCUT2D eigenvalue weighted by Gasteiger charge is 2.40. The summed E-state index contributed by atoms with van der Waals surface area (Å²) in [5.74, 6) is -1.79. The highest BCUT2D eigenvalue weighted by molar-refractivity contribution is 5.28. The van der Waals surface area contributed by atoms with Crippen LogP contribution in [0.5, 0.6) is 0 Å². The van der Waals surface area contributed by atoms with Crippen molar-refractivity contribution >= 4 is 0 Å². The molecule has 1 aromatic heterocycles. The molecule has 0 aliphatic carbocycles. The molecule has 0 amide bonds. The number of hydrogen-bond acceptors (Lipinski definition) is 1. The summed E-state index contributed by atoms with van der Waals surface area (Å²) < 4.78 is 73.3. The molecule has 0 saturated heterocycles. The third kappa shape index (κ3) is 2.13. The largest absolute Gasteiger partial charge is 0.422 e. The Kier molecular flexibility index (Phi) is 2.78. The summed E-state index contributed by atoms with van der Waals surface area (Å²) in [5, 5.41) is 0. The molecule has 15 heavy (non-hydrogen) atoms. The van der Waals surface area contributed by atoms with E-state index in [9.17, 15) is 31.1 Å². The van der Waals surface area contributed by atoms with Gasteiger partial charge < -0.3 is 4.98 Å². The van der Waals surface area contributed by atoms with Crippen molar-refractivity contribution in [3.63, 3.8) is 0 Å². The van der Waals surface area contributed by atoms with Gasteiger partial charge in [0.05, 0.1) is 5.56 Å². The molecule has 1 rings (SSSR count). The predicted octanol–water partition coefficient (Wildman–Crippen LogP) is 2.47. The molecule has 0 aliphatic rings. The fraction of sp³-hybridized carbons (Fsp3) is 0.286. The molecule has 0 unspecified atom stereocenters. The van der Waals surface area contributed by atoms with E-state index in [-0.39, 0.29) is 6.20 Å². The molecule has 0 fully saturated rings. The van der Waals surface area contributed by atoms with Crippen LogP contribution >= 0.6 is 0 Å². The second-order valence-corrected chi connectivity index (χ2v) is 2.55. The van der Waals surface area contributed by atoms with Gasteiger partial charge in [0.25, 0.3) is 12.0 Å². The van der Waals surface area contributed by atoms with Crippen LogP contribution in [0.2, 0.25) is 0 Å². The Labute approximate surface area is 78.5 Å². The summed E-state index contributed by atoms with van der Waals surface area (Å²) in [5.41, 5.74) is -5.91. The van der Waals surface area contributed by atoms with Crippen molar-refractivity contribution in [3.05, 3.63) is 33.5 Å². The van der Waals surface area contributed by atoms with Gasteiger partial charge in [-0.3, -0.25) is 4.79 Å². The fourth-order valence-corrected chi connectivity index (χ4v) is 1.02. The van der Waals surface area contributed by atoms with Crippen molar-refractivity contribution in [2.24, 2.45) is 0 Å². The summed E-state index contributed by atoms with van der Waals surface area (Å²) in [4.78, 5) is 12.1. The average molecular weight is 231 g/mol. The molecule has 1 aromatic rings. The van der Waals surface area contributed by atoms with Crippen molar-refractivity contribution in [1.29, 1.82) is 0 Å². The topological polar surface area (TPSA) is 32.9 Å². The molecular weight excluding hydrogens is 228 g/mol. The van der Waals surface area contributed by atoms with Gasteiger partial charge in [0.1, 0.15) is 11.4 Å². The first kappa shape index (κ1) is 11.6. The molecule has 2 nitrogen and oxygen atoms in total. The number of aromatic amines is 1. The standard InChI is InChI=1S/C7H3F6NO/c8-2-1-14-6(15)4(7(11,12)13)3(2)5(9)10/h1,5H,(H,14,15). The molecule has 0 atom stereocenters. The number of hydrogen-bond donors (Lipinski definition) is 1. The van der Waals surface area contributed by atoms with Gasteiger partial charge in [-0.2, -0.15) is 13.2 Å². The summed E-state index contributed by atoms with van der Waals surface area (Å²) >= 11 is 0. The number of nitrogens with one attached hydrogen (secondary N) is 1. The van der Waals surface area contributed by atoms with E-state index < -0.39 is 35.1 Å². The predicted molar refractivity (Wildman–Crippen MR) is 37.0 cm³/mol. The second kappa shape index (κ2) is 3.59. The highest BCUT2D eigenvalue weighted by Crippen LogP contribution is 2.34. The van der Waals surface area contributed by atoms with Gasteiger partial charge >= 0.3 is 6.18 Å². The molecule has 0 radical (unpaired) electrons. The molecule has 1 heterocycles. The van der Waals surface area contributed by atoms with E-state index >= 15 is 0 Å². The molecule has 0 aromatic carbocycles. The zero-order valence-corrected chi connectivity index (χ0v) is 6.83. The van der Waals surface area contributed by atoms with Crippen LogP contribution in [0.1, 0.15) is 17.6 Å². The smallest absolute Gasteiger partial charge is 0.326 e. The molecule has 0 spiro atoms. The van der Waals surface area contributed by atoms with Crippen LogP contribution in [-0.2, 0) is 6.18 Å². The van der Waals surface area contributed by atoms with E-state index in [0.717, 1.165) is 0 Å². The lowest BCUT2D eigenvalue weighted by atomic mass is 10.1. The van der Waals surface area contributed by atoms with Gasteiger partial charge in [-0.15, -0.1) is 0 Å². The molecule has 1 N–H and O–H groups in total. The third-order valence-corrected chi connectivity index (χ3v) is 1.59. The number of alkyl halides is 5. The maximum Gasteiger partial charge on any atom is 0.422 e. The summed E-state index contributed by atoms with van der Waals surface area (Å²) in [7, 11) is 0. The van der Waals surface area contributed by atoms with E-state index in [1.54, 1.807) is 0 Å². The molecule has 84 valence electrons. The zero-order valence-electron chi connectivity index (χ0n) is 6.83. The van der Waals surface area contributed by atoms with Crippen molar-refractivity contribution in [1.82, 2.24) is 4.98 Å². The van der Waals surface area contributed by atoms with E-state index in [1.807, 2.05) is 0 Å². The molecule has 0 aliphatic heterocycles. The summed E-state index contributed by atoms with van der Waals surface area (Å²) in [6.45, 7) is 0. The minimum atomic E-state index is -5.32. The monoisotopic (exact) mass is 231 g/mol. The second-order valence-electron chi connectivity index (χ2n) is 2.55. The van der Waals surface area contributed by atoms with E-state index in [0.29, 0.717) is 0 Å². The third-order valence-electron chi connectivity index (χ3n) is 1.59. The van der Waals surface area contributed by atoms with Gasteiger partial charge in [-0.1, -0.05) is 0 Å². The van der Waals surface area contributed by atoms with Crippen LogP contribution in [-0.4, -0.2) is 4.98 Å².